The predicted octanol–water partition coefficient (Wildman–Crippen LogP) is 5.07. The summed E-state index contributed by atoms with van der Waals surface area (Å²) in [6.07, 6.45) is 17.5. The van der Waals surface area contributed by atoms with Crippen LogP contribution in [-0.4, -0.2) is 133 Å². The molecule has 0 radical (unpaired) electrons. The maximum Gasteiger partial charge on any atom is 0.204 e. The number of para-hydroxylation sites is 3. The molecule has 0 saturated carbocycles. The molecule has 12 rings (SSSR count). The maximum absolute atomic E-state index is 5.37. The second kappa shape index (κ2) is 31.1. The molecule has 9 aromatic heterocycles. The standard InChI is InChI=1S/C7H6N4.2C7H6N2.C3H2Cl2N2.C3H4N2.C2H4N4.2C2H3N3.CH2N4.CH4/c1-2-4-6(5-3-1)7-8-10-11-9-7;1-2-4-7-6(3-1)8-5-9-7;1-2-4-7-6(3-1)5-8-9-7;4-2-3(5)7-1-6-2;1-2-5-3-4-1;1-2-3-5-6-4-2;1-3-2-5-4-1;2*1-2-4-5-3-1;/h1-5H,(H,8,9,10,11);2*1-5H,(H,8,9);1H,(H,6,7);1-3H,(H,4,5);1H3,(H,3,4,5,6);2*1-2H,(H,3,4,5);1H,(H,2,3,4,5);1H4. The number of benzene rings is 3. The van der Waals surface area contributed by atoms with E-state index in [2.05, 4.69) is 133 Å². The van der Waals surface area contributed by atoms with Gasteiger partial charge in [0.05, 0.1) is 54.1 Å². The fourth-order valence-corrected chi connectivity index (χ4v) is 3.99. The molecule has 3 aromatic carbocycles. The van der Waals surface area contributed by atoms with Crippen LogP contribution in [-0.2, 0) is 0 Å². The van der Waals surface area contributed by atoms with Gasteiger partial charge in [-0.15, -0.1) is 30.6 Å². The van der Waals surface area contributed by atoms with Crippen LogP contribution in [0.25, 0.3) is 33.3 Å². The lowest BCUT2D eigenvalue weighted by Gasteiger charge is -1.89. The average Bonchev–Trinajstić information content (AvgIpc) is 4.17. The number of aromatic nitrogens is 26. The van der Waals surface area contributed by atoms with E-state index in [1.807, 2.05) is 85.1 Å². The zero-order valence-electron chi connectivity index (χ0n) is 32.2. The molecule has 0 spiro atoms. The molecule has 0 amide bonds. The van der Waals surface area contributed by atoms with Crippen molar-refractivity contribution in [2.75, 3.05) is 0 Å². The molecule has 324 valence electrons. The third kappa shape index (κ3) is 21.1. The summed E-state index contributed by atoms with van der Waals surface area (Å²) in [5.74, 6) is 1.31. The molecule has 0 atom stereocenters. The van der Waals surface area contributed by atoms with Crippen LogP contribution in [0.5, 0.6) is 0 Å². The van der Waals surface area contributed by atoms with Gasteiger partial charge in [0.2, 0.25) is 5.82 Å². The molecule has 0 aliphatic rings. The third-order valence-electron chi connectivity index (χ3n) is 6.39. The Balaban J connectivity index is 0.000000191. The van der Waals surface area contributed by atoms with E-state index in [0.717, 1.165) is 27.5 Å². The number of tetrazole rings is 3. The first-order valence-electron chi connectivity index (χ1n) is 17.4. The lowest BCUT2D eigenvalue weighted by Crippen LogP contribution is -1.78. The molecule has 28 heteroatoms. The van der Waals surface area contributed by atoms with E-state index < -0.39 is 0 Å². The van der Waals surface area contributed by atoms with Crippen molar-refractivity contribution < 1.29 is 0 Å². The van der Waals surface area contributed by atoms with E-state index >= 15 is 0 Å². The molecule has 0 aliphatic carbocycles. The number of halogens is 2. The summed E-state index contributed by atoms with van der Waals surface area (Å²) < 4.78 is 0. The molecular formula is C35H40Cl2N26. The number of aryl methyl sites for hydroxylation is 1. The Kier molecular flexibility index (Phi) is 23.9. The van der Waals surface area contributed by atoms with Gasteiger partial charge in [0.1, 0.15) is 17.8 Å². The van der Waals surface area contributed by atoms with Crippen LogP contribution in [0.15, 0.2) is 148 Å². The quantitative estimate of drug-likeness (QED) is 0.104. The highest BCUT2D eigenvalue weighted by molar-refractivity contribution is 6.40. The number of imidazole rings is 3. The summed E-state index contributed by atoms with van der Waals surface area (Å²) in [6.45, 7) is 1.77. The number of H-pyrrole nitrogens is 9. The summed E-state index contributed by atoms with van der Waals surface area (Å²) in [7, 11) is 0. The monoisotopic (exact) mass is 894 g/mol. The zero-order valence-corrected chi connectivity index (χ0v) is 33.7. The van der Waals surface area contributed by atoms with Crippen molar-refractivity contribution in [3.05, 3.63) is 164 Å². The molecule has 0 unspecified atom stereocenters. The highest BCUT2D eigenvalue weighted by Gasteiger charge is 1.98. The average molecular weight is 896 g/mol. The summed E-state index contributed by atoms with van der Waals surface area (Å²) >= 11 is 10.7. The molecule has 63 heavy (non-hydrogen) atoms. The highest BCUT2D eigenvalue weighted by Crippen LogP contribution is 2.14. The third-order valence-corrected chi connectivity index (χ3v) is 7.07. The Morgan fingerprint density at radius 2 is 1.32 bits per heavy atom. The van der Waals surface area contributed by atoms with E-state index in [-0.39, 0.29) is 7.43 Å². The molecule has 26 nitrogen and oxygen atoms in total. The van der Waals surface area contributed by atoms with Gasteiger partial charge in [-0.3, -0.25) is 10.2 Å². The Bertz CT molecular complexity index is 2360. The normalized spacial score (nSPS) is 9.06. The van der Waals surface area contributed by atoms with E-state index in [1.54, 1.807) is 44.4 Å². The summed E-state index contributed by atoms with van der Waals surface area (Å²) in [5.41, 5.74) is 4.19. The number of aromatic amines is 9. The van der Waals surface area contributed by atoms with Crippen LogP contribution in [0, 0.1) is 6.92 Å². The van der Waals surface area contributed by atoms with Crippen LogP contribution < -0.4 is 0 Å². The fraction of sp³-hybridized carbons (Fsp3) is 0.0571. The SMILES string of the molecule is C.Cc1nn[nH]n1.Clc1nc[nH]c1Cl.c1c[nH]cn1.c1ccc(-c2nn[nH]n2)cc1.c1ccc2[nH]cnc2c1.c1ccc2[nH]ncc2c1.c1cn[nH]n1.c1nc[nH]n1.c1nn[nH]n1. The van der Waals surface area contributed by atoms with E-state index in [4.69, 9.17) is 23.2 Å². The van der Waals surface area contributed by atoms with Crippen molar-refractivity contribution >= 4 is 45.1 Å². The van der Waals surface area contributed by atoms with Gasteiger partial charge in [-0.05, 0) is 30.3 Å². The lowest BCUT2D eigenvalue weighted by molar-refractivity contribution is 0.881. The van der Waals surface area contributed by atoms with Gasteiger partial charge in [0.15, 0.2) is 17.3 Å². The molecule has 0 saturated heterocycles. The Morgan fingerprint density at radius 1 is 0.571 bits per heavy atom. The van der Waals surface area contributed by atoms with E-state index in [9.17, 15) is 0 Å². The Hall–Kier alpha value is -8.91. The van der Waals surface area contributed by atoms with Crippen molar-refractivity contribution in [1.29, 1.82) is 0 Å². The van der Waals surface area contributed by atoms with Gasteiger partial charge in [0.25, 0.3) is 0 Å². The summed E-state index contributed by atoms with van der Waals surface area (Å²) in [4.78, 5) is 23.2. The van der Waals surface area contributed by atoms with Gasteiger partial charge in [0, 0.05) is 23.3 Å². The van der Waals surface area contributed by atoms with Crippen molar-refractivity contribution in [3.8, 4) is 11.4 Å². The number of nitrogens with zero attached hydrogens (tertiary/aromatic N) is 17. The second-order valence-electron chi connectivity index (χ2n) is 10.6. The van der Waals surface area contributed by atoms with Crippen molar-refractivity contribution in [2.45, 2.75) is 14.4 Å². The summed E-state index contributed by atoms with van der Waals surface area (Å²) in [5, 5.41) is 62.4. The Morgan fingerprint density at radius 3 is 1.76 bits per heavy atom. The minimum atomic E-state index is 0. The first-order chi connectivity index (χ1) is 30.6. The van der Waals surface area contributed by atoms with Crippen molar-refractivity contribution in [2.24, 2.45) is 0 Å². The number of nitrogens with one attached hydrogen (secondary N) is 9. The molecule has 0 bridgehead atoms. The first kappa shape index (κ1) is 48.5. The molecule has 9 N–H and O–H groups in total. The topological polar surface area (TPSA) is 361 Å². The van der Waals surface area contributed by atoms with Crippen LogP contribution in [0.4, 0.5) is 0 Å². The van der Waals surface area contributed by atoms with Crippen molar-refractivity contribution in [3.63, 3.8) is 0 Å². The molecule has 0 fully saturated rings. The van der Waals surface area contributed by atoms with Gasteiger partial charge in [-0.2, -0.15) is 41.2 Å². The van der Waals surface area contributed by atoms with E-state index in [1.165, 1.54) is 25.3 Å². The van der Waals surface area contributed by atoms with Gasteiger partial charge in [-0.1, -0.05) is 102 Å². The zero-order chi connectivity index (χ0) is 43.6. The largest absolute Gasteiger partial charge is 0.351 e. The maximum atomic E-state index is 5.37. The fourth-order valence-electron chi connectivity index (χ4n) is 3.78. The van der Waals surface area contributed by atoms with Gasteiger partial charge < -0.3 is 15.0 Å². The van der Waals surface area contributed by atoms with E-state index in [0.29, 0.717) is 22.0 Å². The minimum absolute atomic E-state index is 0. The summed E-state index contributed by atoms with van der Waals surface area (Å²) in [6, 6.07) is 25.6. The predicted molar refractivity (Wildman–Crippen MR) is 232 cm³/mol. The highest BCUT2D eigenvalue weighted by atomic mass is 35.5. The molecular weight excluding hydrogens is 855 g/mol. The smallest absolute Gasteiger partial charge is 0.204 e. The van der Waals surface area contributed by atoms with Gasteiger partial charge in [-0.25, -0.2) is 19.9 Å². The Labute approximate surface area is 366 Å². The number of hydrogen-bond acceptors (Lipinski definition) is 17. The molecule has 12 aromatic rings. The first-order valence-corrected chi connectivity index (χ1v) is 18.1. The molecule has 0 aliphatic heterocycles. The number of hydrogen-bond donors (Lipinski definition) is 9. The van der Waals surface area contributed by atoms with Gasteiger partial charge >= 0.3 is 0 Å². The van der Waals surface area contributed by atoms with Crippen molar-refractivity contribution in [1.82, 2.24) is 133 Å². The number of fused-ring (bicyclic) bond motifs is 2. The second-order valence-corrected chi connectivity index (χ2v) is 11.3. The van der Waals surface area contributed by atoms with Crippen LogP contribution in [0.2, 0.25) is 10.3 Å². The minimum Gasteiger partial charge on any atom is -0.351 e. The van der Waals surface area contributed by atoms with Crippen LogP contribution >= 0.6 is 23.2 Å². The number of rotatable bonds is 1. The van der Waals surface area contributed by atoms with Crippen LogP contribution in [0.3, 0.4) is 0 Å². The molecule has 9 heterocycles. The lowest BCUT2D eigenvalue weighted by atomic mass is 10.2. The van der Waals surface area contributed by atoms with Crippen LogP contribution in [0.1, 0.15) is 13.3 Å².